The second kappa shape index (κ2) is 5.51. The number of benzene rings is 1. The van der Waals surface area contributed by atoms with Crippen molar-refractivity contribution < 1.29 is 9.66 Å². The minimum Gasteiger partial charge on any atom is -0.593 e. The van der Waals surface area contributed by atoms with Gasteiger partial charge < -0.3 is 9.66 Å². The van der Waals surface area contributed by atoms with Crippen molar-refractivity contribution in [3.05, 3.63) is 28.2 Å². The molecule has 0 aliphatic heterocycles. The van der Waals surface area contributed by atoms with Gasteiger partial charge in [-0.2, -0.15) is 0 Å². The summed E-state index contributed by atoms with van der Waals surface area (Å²) in [7, 11) is 0. The third kappa shape index (κ3) is 4.43. The molecule has 0 saturated carbocycles. The van der Waals surface area contributed by atoms with Gasteiger partial charge in [-0.15, -0.1) is 4.72 Å². The van der Waals surface area contributed by atoms with Crippen molar-refractivity contribution in [2.24, 2.45) is 0 Å². The maximum absolute atomic E-state index is 11.8. The number of aliphatic hydroxyl groups is 1. The van der Waals surface area contributed by atoms with Gasteiger partial charge in [0.25, 0.3) is 0 Å². The molecule has 1 aromatic carbocycles. The van der Waals surface area contributed by atoms with Gasteiger partial charge in [0.15, 0.2) is 4.90 Å². The molecule has 0 bridgehead atoms. The molecule has 1 rings (SSSR count). The van der Waals surface area contributed by atoms with Crippen molar-refractivity contribution in [3.8, 4) is 0 Å². The van der Waals surface area contributed by atoms with E-state index in [1.165, 1.54) is 0 Å². The van der Waals surface area contributed by atoms with Crippen molar-refractivity contribution in [2.45, 2.75) is 31.3 Å². The topological polar surface area (TPSA) is 55.3 Å². The van der Waals surface area contributed by atoms with Crippen LogP contribution in [0.25, 0.3) is 0 Å². The Labute approximate surface area is 108 Å². The summed E-state index contributed by atoms with van der Waals surface area (Å²) in [6.07, 6.45) is 0. The van der Waals surface area contributed by atoms with E-state index in [1.807, 2.05) is 25.1 Å². The molecule has 1 atom stereocenters. The van der Waals surface area contributed by atoms with Crippen LogP contribution in [-0.4, -0.2) is 21.8 Å². The molecule has 5 heteroatoms. The average molecular weight is 306 g/mol. The summed E-state index contributed by atoms with van der Waals surface area (Å²) in [4.78, 5) is 0.696. The maximum Gasteiger partial charge on any atom is 0.175 e. The van der Waals surface area contributed by atoms with Gasteiger partial charge in [-0.3, -0.25) is 0 Å². The molecule has 0 aromatic heterocycles. The first-order valence-corrected chi connectivity index (χ1v) is 6.88. The third-order valence-electron chi connectivity index (χ3n) is 1.99. The Morgan fingerprint density at radius 2 is 2.12 bits per heavy atom. The molecule has 3 nitrogen and oxygen atoms in total. The fourth-order valence-electron chi connectivity index (χ4n) is 1.01. The van der Waals surface area contributed by atoms with Crippen LogP contribution in [0.5, 0.6) is 0 Å². The average Bonchev–Trinajstić information content (AvgIpc) is 2.17. The number of aryl methyl sites for hydroxylation is 1. The van der Waals surface area contributed by atoms with Gasteiger partial charge in [-0.1, -0.05) is 22.0 Å². The van der Waals surface area contributed by atoms with Crippen LogP contribution in [-0.2, 0) is 11.4 Å². The fraction of sp³-hybridized carbons (Fsp3) is 0.455. The van der Waals surface area contributed by atoms with E-state index in [1.54, 1.807) is 13.8 Å². The van der Waals surface area contributed by atoms with Gasteiger partial charge in [-0.25, -0.2) is 0 Å². The summed E-state index contributed by atoms with van der Waals surface area (Å²) < 4.78 is 15.5. The molecule has 0 heterocycles. The molecule has 0 aliphatic carbocycles. The number of hydrogen-bond donors (Lipinski definition) is 2. The SMILES string of the molecule is Cc1ccc([S+]([O-])NCC(C)(C)O)cc1Br. The number of rotatable bonds is 4. The van der Waals surface area contributed by atoms with Crippen molar-refractivity contribution >= 4 is 27.3 Å². The molecule has 2 N–H and O–H groups in total. The third-order valence-corrected chi connectivity index (χ3v) is 3.94. The molecule has 0 fully saturated rings. The molecule has 0 aliphatic rings. The zero-order valence-corrected chi connectivity index (χ0v) is 12.0. The standard InChI is InChI=1S/C11H16BrNO2S/c1-8-4-5-9(6-10(8)12)16(15)13-7-11(2,3)14/h4-6,13-14H,7H2,1-3H3. The van der Waals surface area contributed by atoms with E-state index in [-0.39, 0.29) is 6.54 Å². The summed E-state index contributed by atoms with van der Waals surface area (Å²) in [5.41, 5.74) is 0.237. The smallest absolute Gasteiger partial charge is 0.175 e. The molecule has 0 amide bonds. The van der Waals surface area contributed by atoms with Crippen LogP contribution in [0.3, 0.4) is 0 Å². The number of halogens is 1. The van der Waals surface area contributed by atoms with Crippen molar-refractivity contribution in [3.63, 3.8) is 0 Å². The van der Waals surface area contributed by atoms with Crippen molar-refractivity contribution in [1.82, 2.24) is 4.72 Å². The van der Waals surface area contributed by atoms with E-state index in [4.69, 9.17) is 0 Å². The molecule has 0 radical (unpaired) electrons. The van der Waals surface area contributed by atoms with Crippen LogP contribution in [0.15, 0.2) is 27.6 Å². The Morgan fingerprint density at radius 3 is 2.62 bits per heavy atom. The lowest BCUT2D eigenvalue weighted by molar-refractivity contribution is 0.0857. The Bertz CT molecular complexity index is 365. The van der Waals surface area contributed by atoms with Crippen LogP contribution in [0.4, 0.5) is 0 Å². The Balaban J connectivity index is 2.66. The zero-order valence-electron chi connectivity index (χ0n) is 9.58. The fourth-order valence-corrected chi connectivity index (χ4v) is 2.61. The number of hydrogen-bond acceptors (Lipinski definition) is 3. The second-order valence-corrected chi connectivity index (χ2v) is 6.47. The summed E-state index contributed by atoms with van der Waals surface area (Å²) in [6.45, 7) is 5.59. The first-order valence-electron chi connectivity index (χ1n) is 4.93. The molecule has 16 heavy (non-hydrogen) atoms. The van der Waals surface area contributed by atoms with Crippen LogP contribution in [0, 0.1) is 6.92 Å². The first-order chi connectivity index (χ1) is 7.29. The molecule has 90 valence electrons. The van der Waals surface area contributed by atoms with Gasteiger partial charge in [0.2, 0.25) is 0 Å². The predicted octanol–water partition coefficient (Wildman–Crippen LogP) is 2.14. The Morgan fingerprint density at radius 1 is 1.50 bits per heavy atom. The quantitative estimate of drug-likeness (QED) is 0.838. The van der Waals surface area contributed by atoms with Crippen molar-refractivity contribution in [2.75, 3.05) is 6.54 Å². The largest absolute Gasteiger partial charge is 0.593 e. The highest BCUT2D eigenvalue weighted by atomic mass is 79.9. The van der Waals surface area contributed by atoms with Crippen LogP contribution < -0.4 is 4.72 Å². The van der Waals surface area contributed by atoms with Crippen LogP contribution >= 0.6 is 15.9 Å². The lowest BCUT2D eigenvalue weighted by atomic mass is 10.1. The number of nitrogens with one attached hydrogen (secondary N) is 1. The van der Waals surface area contributed by atoms with Gasteiger partial charge in [0, 0.05) is 10.5 Å². The summed E-state index contributed by atoms with van der Waals surface area (Å²) in [5, 5.41) is 9.51. The van der Waals surface area contributed by atoms with Gasteiger partial charge in [0.05, 0.1) is 23.5 Å². The molecule has 1 unspecified atom stereocenters. The highest BCUT2D eigenvalue weighted by molar-refractivity contribution is 9.10. The zero-order chi connectivity index (χ0) is 12.3. The van der Waals surface area contributed by atoms with Crippen molar-refractivity contribution in [1.29, 1.82) is 0 Å². The molecule has 1 aromatic rings. The molecular weight excluding hydrogens is 290 g/mol. The highest BCUT2D eigenvalue weighted by Gasteiger charge is 2.18. The predicted molar refractivity (Wildman–Crippen MR) is 69.6 cm³/mol. The Hall–Kier alpha value is -0.0700. The monoisotopic (exact) mass is 305 g/mol. The van der Waals surface area contributed by atoms with E-state index in [0.717, 1.165) is 10.0 Å². The molecular formula is C11H16BrNO2S. The summed E-state index contributed by atoms with van der Waals surface area (Å²) in [6, 6.07) is 5.54. The minimum atomic E-state index is -1.29. The van der Waals surface area contributed by atoms with E-state index < -0.39 is 17.0 Å². The lowest BCUT2D eigenvalue weighted by Gasteiger charge is -2.18. The summed E-state index contributed by atoms with van der Waals surface area (Å²) in [5.74, 6) is 0. The minimum absolute atomic E-state index is 0.283. The van der Waals surface area contributed by atoms with Gasteiger partial charge >= 0.3 is 0 Å². The van der Waals surface area contributed by atoms with E-state index >= 15 is 0 Å². The highest BCUT2D eigenvalue weighted by Crippen LogP contribution is 2.20. The molecule has 0 spiro atoms. The summed E-state index contributed by atoms with van der Waals surface area (Å²) >= 11 is 2.10. The van der Waals surface area contributed by atoms with Gasteiger partial charge in [0.1, 0.15) is 0 Å². The molecule has 0 saturated heterocycles. The van der Waals surface area contributed by atoms with Gasteiger partial charge in [-0.05, 0) is 32.4 Å². The van der Waals surface area contributed by atoms with E-state index in [0.29, 0.717) is 4.90 Å². The van der Waals surface area contributed by atoms with E-state index in [2.05, 4.69) is 20.7 Å². The normalized spacial score (nSPS) is 13.9. The van der Waals surface area contributed by atoms with Crippen LogP contribution in [0.1, 0.15) is 19.4 Å². The maximum atomic E-state index is 11.8. The second-order valence-electron chi connectivity index (χ2n) is 4.31. The van der Waals surface area contributed by atoms with Crippen LogP contribution in [0.2, 0.25) is 0 Å². The first kappa shape index (κ1) is 14.0. The lowest BCUT2D eigenvalue weighted by Crippen LogP contribution is -2.38. The van der Waals surface area contributed by atoms with E-state index in [9.17, 15) is 9.66 Å². The Kier molecular flexibility index (Phi) is 4.82.